The lowest BCUT2D eigenvalue weighted by Crippen LogP contribution is -2.40. The predicted molar refractivity (Wildman–Crippen MR) is 107 cm³/mol. The SMILES string of the molecule is CC(C)C(=O)Nc1cc(S(=O)(=O)N2CCOCC2)ccc1NCC1CCCO1. The highest BCUT2D eigenvalue weighted by Crippen LogP contribution is 2.28. The smallest absolute Gasteiger partial charge is 0.243 e. The number of nitrogens with zero attached hydrogens (tertiary/aromatic N) is 1. The molecule has 2 fully saturated rings. The molecule has 2 saturated heterocycles. The summed E-state index contributed by atoms with van der Waals surface area (Å²) in [5, 5.41) is 6.14. The number of benzene rings is 1. The van der Waals surface area contributed by atoms with Gasteiger partial charge >= 0.3 is 0 Å². The van der Waals surface area contributed by atoms with Gasteiger partial charge in [-0.25, -0.2) is 8.42 Å². The summed E-state index contributed by atoms with van der Waals surface area (Å²) < 4.78 is 38.2. The summed E-state index contributed by atoms with van der Waals surface area (Å²) in [7, 11) is -3.64. The molecule has 2 N–H and O–H groups in total. The lowest BCUT2D eigenvalue weighted by molar-refractivity contribution is -0.118. The fourth-order valence-electron chi connectivity index (χ4n) is 3.18. The summed E-state index contributed by atoms with van der Waals surface area (Å²) >= 11 is 0. The van der Waals surface area contributed by atoms with Crippen LogP contribution in [-0.4, -0.2) is 64.2 Å². The van der Waals surface area contributed by atoms with E-state index in [0.717, 1.165) is 19.4 Å². The number of ether oxygens (including phenoxy) is 2. The van der Waals surface area contributed by atoms with Gasteiger partial charge in [0.2, 0.25) is 15.9 Å². The number of rotatable bonds is 7. The van der Waals surface area contributed by atoms with Gasteiger partial charge in [0, 0.05) is 32.2 Å². The largest absolute Gasteiger partial charge is 0.381 e. The summed E-state index contributed by atoms with van der Waals surface area (Å²) in [6, 6.07) is 4.81. The average molecular weight is 412 g/mol. The number of amides is 1. The van der Waals surface area contributed by atoms with E-state index in [9.17, 15) is 13.2 Å². The van der Waals surface area contributed by atoms with Crippen LogP contribution in [-0.2, 0) is 24.3 Å². The Balaban J connectivity index is 1.84. The highest BCUT2D eigenvalue weighted by Gasteiger charge is 2.27. The maximum atomic E-state index is 13.0. The van der Waals surface area contributed by atoms with Gasteiger partial charge in [-0.05, 0) is 31.0 Å². The Kier molecular flexibility index (Phi) is 6.92. The first-order valence-electron chi connectivity index (χ1n) is 9.76. The van der Waals surface area contributed by atoms with E-state index in [2.05, 4.69) is 10.6 Å². The Hall–Kier alpha value is -1.68. The summed E-state index contributed by atoms with van der Waals surface area (Å²) in [5.41, 5.74) is 1.15. The van der Waals surface area contributed by atoms with Gasteiger partial charge in [-0.15, -0.1) is 0 Å². The summed E-state index contributed by atoms with van der Waals surface area (Å²) in [6.45, 7) is 6.39. The molecule has 2 heterocycles. The molecule has 156 valence electrons. The molecule has 3 rings (SSSR count). The highest BCUT2D eigenvalue weighted by molar-refractivity contribution is 7.89. The molecule has 2 aliphatic rings. The van der Waals surface area contributed by atoms with Crippen LogP contribution < -0.4 is 10.6 Å². The van der Waals surface area contributed by atoms with Gasteiger partial charge in [0.05, 0.1) is 35.6 Å². The van der Waals surface area contributed by atoms with Crippen molar-refractivity contribution in [3.8, 4) is 0 Å². The van der Waals surface area contributed by atoms with Crippen LogP contribution in [0.5, 0.6) is 0 Å². The number of carbonyl (C=O) groups excluding carboxylic acids is 1. The summed E-state index contributed by atoms with van der Waals surface area (Å²) in [5.74, 6) is -0.383. The van der Waals surface area contributed by atoms with Crippen molar-refractivity contribution in [3.63, 3.8) is 0 Å². The second kappa shape index (κ2) is 9.21. The Bertz CT molecular complexity index is 785. The number of hydrogen-bond acceptors (Lipinski definition) is 6. The van der Waals surface area contributed by atoms with Crippen LogP contribution in [0.15, 0.2) is 23.1 Å². The molecular weight excluding hydrogens is 382 g/mol. The standard InChI is InChI=1S/C19H29N3O5S/c1-14(2)19(23)21-18-12-16(28(24,25)22-7-10-26-11-8-22)5-6-17(18)20-13-15-4-3-9-27-15/h5-6,12,14-15,20H,3-4,7-11,13H2,1-2H3,(H,21,23). The fraction of sp³-hybridized carbons (Fsp3) is 0.632. The number of sulfonamides is 1. The van der Waals surface area contributed by atoms with Crippen molar-refractivity contribution in [2.75, 3.05) is 50.1 Å². The zero-order chi connectivity index (χ0) is 20.1. The number of nitrogens with one attached hydrogen (secondary N) is 2. The van der Waals surface area contributed by atoms with Gasteiger partial charge in [-0.3, -0.25) is 4.79 Å². The van der Waals surface area contributed by atoms with Gasteiger partial charge in [0.1, 0.15) is 0 Å². The second-order valence-electron chi connectivity index (χ2n) is 7.38. The first-order valence-corrected chi connectivity index (χ1v) is 11.2. The maximum absolute atomic E-state index is 13.0. The van der Waals surface area contributed by atoms with Crippen LogP contribution in [0, 0.1) is 5.92 Å². The third-order valence-corrected chi connectivity index (χ3v) is 6.82. The molecule has 1 atom stereocenters. The molecule has 8 nitrogen and oxygen atoms in total. The van der Waals surface area contributed by atoms with Crippen LogP contribution in [0.1, 0.15) is 26.7 Å². The molecule has 1 aromatic carbocycles. The maximum Gasteiger partial charge on any atom is 0.243 e. The number of carbonyl (C=O) groups is 1. The molecule has 28 heavy (non-hydrogen) atoms. The van der Waals surface area contributed by atoms with Crippen molar-refractivity contribution in [2.24, 2.45) is 5.92 Å². The normalized spacial score (nSPS) is 21.0. The molecular formula is C19H29N3O5S. The van der Waals surface area contributed by atoms with Crippen LogP contribution in [0.3, 0.4) is 0 Å². The van der Waals surface area contributed by atoms with Gasteiger partial charge in [-0.2, -0.15) is 4.31 Å². The minimum Gasteiger partial charge on any atom is -0.381 e. The van der Waals surface area contributed by atoms with Crippen molar-refractivity contribution in [2.45, 2.75) is 37.7 Å². The molecule has 0 aromatic heterocycles. The van der Waals surface area contributed by atoms with Crippen molar-refractivity contribution < 1.29 is 22.7 Å². The van der Waals surface area contributed by atoms with E-state index in [-0.39, 0.29) is 22.8 Å². The van der Waals surface area contributed by atoms with E-state index in [1.54, 1.807) is 26.0 Å². The first-order chi connectivity index (χ1) is 13.4. The van der Waals surface area contributed by atoms with Crippen LogP contribution in [0.4, 0.5) is 11.4 Å². The molecule has 0 radical (unpaired) electrons. The Morgan fingerprint density at radius 2 is 1.96 bits per heavy atom. The van der Waals surface area contributed by atoms with E-state index >= 15 is 0 Å². The minimum absolute atomic E-state index is 0.130. The molecule has 0 spiro atoms. The summed E-state index contributed by atoms with van der Waals surface area (Å²) in [6.07, 6.45) is 2.16. The topological polar surface area (TPSA) is 97.0 Å². The van der Waals surface area contributed by atoms with Crippen LogP contribution in [0.25, 0.3) is 0 Å². The number of anilines is 2. The van der Waals surface area contributed by atoms with E-state index < -0.39 is 10.0 Å². The predicted octanol–water partition coefficient (Wildman–Crippen LogP) is 1.89. The molecule has 1 unspecified atom stereocenters. The van der Waals surface area contributed by atoms with Crippen LogP contribution >= 0.6 is 0 Å². The lowest BCUT2D eigenvalue weighted by atomic mass is 10.2. The van der Waals surface area contributed by atoms with Crippen LogP contribution in [0.2, 0.25) is 0 Å². The minimum atomic E-state index is -3.64. The third kappa shape index (κ3) is 5.02. The highest BCUT2D eigenvalue weighted by atomic mass is 32.2. The van der Waals surface area contributed by atoms with Crippen molar-refractivity contribution >= 4 is 27.3 Å². The lowest BCUT2D eigenvalue weighted by Gasteiger charge is -2.26. The molecule has 1 amide bonds. The first kappa shape index (κ1) is 21.0. The fourth-order valence-corrected chi connectivity index (χ4v) is 4.62. The van der Waals surface area contributed by atoms with Gasteiger partial charge in [0.15, 0.2) is 0 Å². The van der Waals surface area contributed by atoms with E-state index in [1.807, 2.05) is 0 Å². The molecule has 0 bridgehead atoms. The zero-order valence-electron chi connectivity index (χ0n) is 16.4. The van der Waals surface area contributed by atoms with Crippen molar-refractivity contribution in [1.82, 2.24) is 4.31 Å². The Morgan fingerprint density at radius 3 is 2.61 bits per heavy atom. The Labute approximate surface area is 166 Å². The molecule has 2 aliphatic heterocycles. The Morgan fingerprint density at radius 1 is 1.21 bits per heavy atom. The van der Waals surface area contributed by atoms with Crippen molar-refractivity contribution in [1.29, 1.82) is 0 Å². The van der Waals surface area contributed by atoms with Gasteiger partial charge in [0.25, 0.3) is 0 Å². The quantitative estimate of drug-likeness (QED) is 0.711. The van der Waals surface area contributed by atoms with E-state index in [4.69, 9.17) is 9.47 Å². The summed E-state index contributed by atoms with van der Waals surface area (Å²) in [4.78, 5) is 12.4. The third-order valence-electron chi connectivity index (χ3n) is 4.93. The molecule has 0 aliphatic carbocycles. The molecule has 9 heteroatoms. The average Bonchev–Trinajstić information content (AvgIpc) is 3.21. The molecule has 1 aromatic rings. The monoisotopic (exact) mass is 411 g/mol. The number of hydrogen-bond donors (Lipinski definition) is 2. The van der Waals surface area contributed by atoms with Gasteiger partial charge in [-0.1, -0.05) is 13.8 Å². The molecule has 0 saturated carbocycles. The second-order valence-corrected chi connectivity index (χ2v) is 9.32. The van der Waals surface area contributed by atoms with E-state index in [1.165, 1.54) is 10.4 Å². The van der Waals surface area contributed by atoms with Crippen molar-refractivity contribution in [3.05, 3.63) is 18.2 Å². The zero-order valence-corrected chi connectivity index (χ0v) is 17.3. The van der Waals surface area contributed by atoms with E-state index in [0.29, 0.717) is 44.2 Å². The van der Waals surface area contributed by atoms with Gasteiger partial charge < -0.3 is 20.1 Å². The number of morpholine rings is 1.